The molecule has 0 amide bonds. The maximum Gasteiger partial charge on any atom is 0.125 e. The van der Waals surface area contributed by atoms with Gasteiger partial charge in [0.25, 0.3) is 0 Å². The minimum atomic E-state index is -0.263. The van der Waals surface area contributed by atoms with Gasteiger partial charge >= 0.3 is 0 Å². The summed E-state index contributed by atoms with van der Waals surface area (Å²) in [6.07, 6.45) is 4.85. The molecule has 0 spiro atoms. The molecular formula is C23H17Br2FN2. The van der Waals surface area contributed by atoms with Crippen LogP contribution in [0.4, 0.5) is 10.1 Å². The first kappa shape index (κ1) is 19.1. The molecule has 0 saturated carbocycles. The van der Waals surface area contributed by atoms with E-state index in [1.807, 2.05) is 53.5 Å². The Morgan fingerprint density at radius 1 is 0.893 bits per heavy atom. The van der Waals surface area contributed by atoms with Crippen molar-refractivity contribution in [1.29, 1.82) is 0 Å². The molecule has 3 aromatic rings. The van der Waals surface area contributed by atoms with Gasteiger partial charge in [-0.1, -0.05) is 68.3 Å². The molecule has 1 unspecified atom stereocenters. The molecule has 0 saturated heterocycles. The fourth-order valence-electron chi connectivity index (χ4n) is 3.20. The molecule has 0 bridgehead atoms. The van der Waals surface area contributed by atoms with E-state index in [0.717, 1.165) is 37.9 Å². The lowest BCUT2D eigenvalue weighted by Crippen LogP contribution is -2.18. The number of halogens is 3. The molecule has 140 valence electrons. The van der Waals surface area contributed by atoms with E-state index in [9.17, 15) is 4.39 Å². The van der Waals surface area contributed by atoms with Crippen LogP contribution in [0.2, 0.25) is 0 Å². The molecule has 1 atom stereocenters. The van der Waals surface area contributed by atoms with Crippen LogP contribution >= 0.6 is 31.9 Å². The molecule has 0 radical (unpaired) electrons. The van der Waals surface area contributed by atoms with Crippen molar-refractivity contribution in [3.8, 4) is 0 Å². The van der Waals surface area contributed by atoms with Crippen LogP contribution in [0.25, 0.3) is 6.08 Å². The van der Waals surface area contributed by atoms with E-state index in [1.165, 1.54) is 12.1 Å². The maximum atomic E-state index is 13.8. The Balaban J connectivity index is 1.65. The van der Waals surface area contributed by atoms with Crippen molar-refractivity contribution in [3.63, 3.8) is 0 Å². The smallest absolute Gasteiger partial charge is 0.125 e. The summed E-state index contributed by atoms with van der Waals surface area (Å²) in [7, 11) is 0. The first-order chi connectivity index (χ1) is 13.6. The predicted molar refractivity (Wildman–Crippen MR) is 121 cm³/mol. The summed E-state index contributed by atoms with van der Waals surface area (Å²) in [5.41, 5.74) is 3.96. The zero-order chi connectivity index (χ0) is 19.5. The topological polar surface area (TPSA) is 15.6 Å². The molecule has 2 nitrogen and oxygen atoms in total. The highest BCUT2D eigenvalue weighted by Gasteiger charge is 2.28. The minimum Gasteiger partial charge on any atom is -0.257 e. The third kappa shape index (κ3) is 4.42. The molecule has 28 heavy (non-hydrogen) atoms. The monoisotopic (exact) mass is 498 g/mol. The molecule has 0 N–H and O–H groups in total. The lowest BCUT2D eigenvalue weighted by Gasteiger charge is -2.24. The molecule has 4 rings (SSSR count). The minimum absolute atomic E-state index is 0.0273. The average Bonchev–Trinajstić information content (AvgIpc) is 3.12. The van der Waals surface area contributed by atoms with Crippen LogP contribution in [0.15, 0.2) is 92.9 Å². The summed E-state index contributed by atoms with van der Waals surface area (Å²) in [6, 6.07) is 22.9. The number of benzene rings is 3. The van der Waals surface area contributed by atoms with Crippen LogP contribution in [0, 0.1) is 5.82 Å². The van der Waals surface area contributed by atoms with Gasteiger partial charge in [-0.05, 0) is 59.7 Å². The van der Waals surface area contributed by atoms with Crippen LogP contribution in [-0.2, 0) is 0 Å². The fraction of sp³-hybridized carbons (Fsp3) is 0.0870. The molecule has 3 aromatic carbocycles. The standard InChI is InChI=1S/C23H17Br2FN2/c24-18-9-4-16(5-10-18)6-13-21-15-23(17-7-11-19(25)12-8-17)28(27-21)22-3-1-2-20(26)14-22/h1-14,23H,15H2. The van der Waals surface area contributed by atoms with Gasteiger partial charge in [0.15, 0.2) is 0 Å². The number of allylic oxidation sites excluding steroid dienone is 1. The Labute approximate surface area is 180 Å². The van der Waals surface area contributed by atoms with E-state index in [1.54, 1.807) is 6.07 Å². The van der Waals surface area contributed by atoms with Crippen LogP contribution in [0.3, 0.4) is 0 Å². The number of rotatable bonds is 4. The Morgan fingerprint density at radius 3 is 2.25 bits per heavy atom. The van der Waals surface area contributed by atoms with Gasteiger partial charge in [-0.15, -0.1) is 0 Å². The summed E-state index contributed by atoms with van der Waals surface area (Å²) in [5, 5.41) is 6.70. The molecule has 5 heteroatoms. The van der Waals surface area contributed by atoms with Gasteiger partial charge < -0.3 is 0 Å². The Morgan fingerprint density at radius 2 is 1.57 bits per heavy atom. The van der Waals surface area contributed by atoms with Crippen LogP contribution in [-0.4, -0.2) is 5.71 Å². The van der Waals surface area contributed by atoms with Crippen molar-refractivity contribution in [1.82, 2.24) is 0 Å². The molecular weight excluding hydrogens is 483 g/mol. The van der Waals surface area contributed by atoms with Gasteiger partial charge in [-0.3, -0.25) is 5.01 Å². The summed E-state index contributed by atoms with van der Waals surface area (Å²) in [6.45, 7) is 0. The number of hydrogen-bond donors (Lipinski definition) is 0. The molecule has 1 heterocycles. The molecule has 1 aliphatic rings. The maximum absolute atomic E-state index is 13.8. The van der Waals surface area contributed by atoms with Gasteiger partial charge in [0, 0.05) is 15.4 Å². The summed E-state index contributed by atoms with van der Waals surface area (Å²) in [4.78, 5) is 0. The van der Waals surface area contributed by atoms with Crippen molar-refractivity contribution in [2.45, 2.75) is 12.5 Å². The van der Waals surface area contributed by atoms with Gasteiger partial charge in [0.2, 0.25) is 0 Å². The van der Waals surface area contributed by atoms with Crippen molar-refractivity contribution in [2.75, 3.05) is 5.01 Å². The largest absolute Gasteiger partial charge is 0.257 e. The average molecular weight is 500 g/mol. The molecule has 1 aliphatic heterocycles. The highest BCUT2D eigenvalue weighted by atomic mass is 79.9. The molecule has 0 aliphatic carbocycles. The lowest BCUT2D eigenvalue weighted by atomic mass is 10.0. The number of hydrazone groups is 1. The third-order valence-electron chi connectivity index (χ3n) is 4.60. The van der Waals surface area contributed by atoms with E-state index in [0.29, 0.717) is 0 Å². The van der Waals surface area contributed by atoms with Gasteiger partial charge in [0.05, 0.1) is 17.4 Å². The van der Waals surface area contributed by atoms with E-state index in [-0.39, 0.29) is 11.9 Å². The summed E-state index contributed by atoms with van der Waals surface area (Å²) in [5.74, 6) is -0.263. The number of hydrogen-bond acceptors (Lipinski definition) is 2. The number of anilines is 1. The Hall–Kier alpha value is -2.24. The zero-order valence-electron chi connectivity index (χ0n) is 14.9. The van der Waals surface area contributed by atoms with E-state index < -0.39 is 0 Å². The van der Waals surface area contributed by atoms with Crippen molar-refractivity contribution in [3.05, 3.63) is 105 Å². The number of nitrogens with zero attached hydrogens (tertiary/aromatic N) is 2. The van der Waals surface area contributed by atoms with Crippen LogP contribution in [0.1, 0.15) is 23.6 Å². The zero-order valence-corrected chi connectivity index (χ0v) is 18.1. The Bertz CT molecular complexity index is 1030. The fourth-order valence-corrected chi connectivity index (χ4v) is 3.73. The van der Waals surface area contributed by atoms with Crippen LogP contribution < -0.4 is 5.01 Å². The van der Waals surface area contributed by atoms with Crippen LogP contribution in [0.5, 0.6) is 0 Å². The van der Waals surface area contributed by atoms with E-state index in [2.05, 4.69) is 50.1 Å². The second-order valence-electron chi connectivity index (χ2n) is 6.57. The van der Waals surface area contributed by atoms with Crippen molar-refractivity contribution < 1.29 is 4.39 Å². The quantitative estimate of drug-likeness (QED) is 0.365. The summed E-state index contributed by atoms with van der Waals surface area (Å²) >= 11 is 6.94. The predicted octanol–water partition coefficient (Wildman–Crippen LogP) is 7.37. The van der Waals surface area contributed by atoms with Crippen molar-refractivity contribution in [2.24, 2.45) is 5.10 Å². The molecule has 0 fully saturated rings. The second kappa shape index (κ2) is 8.41. The first-order valence-electron chi connectivity index (χ1n) is 8.90. The van der Waals surface area contributed by atoms with Crippen molar-refractivity contribution >= 4 is 49.3 Å². The third-order valence-corrected chi connectivity index (χ3v) is 5.66. The second-order valence-corrected chi connectivity index (χ2v) is 8.40. The first-order valence-corrected chi connectivity index (χ1v) is 10.5. The van der Waals surface area contributed by atoms with E-state index >= 15 is 0 Å². The van der Waals surface area contributed by atoms with Gasteiger partial charge in [0.1, 0.15) is 5.82 Å². The Kier molecular flexibility index (Phi) is 5.74. The normalized spacial score (nSPS) is 16.6. The van der Waals surface area contributed by atoms with Gasteiger partial charge in [-0.2, -0.15) is 5.10 Å². The highest BCUT2D eigenvalue weighted by Crippen LogP contribution is 2.36. The summed E-state index contributed by atoms with van der Waals surface area (Å²) < 4.78 is 15.9. The van der Waals surface area contributed by atoms with Gasteiger partial charge in [-0.25, -0.2) is 4.39 Å². The molecule has 0 aromatic heterocycles. The van der Waals surface area contributed by atoms with E-state index in [4.69, 9.17) is 5.10 Å². The highest BCUT2D eigenvalue weighted by molar-refractivity contribution is 9.10. The lowest BCUT2D eigenvalue weighted by molar-refractivity contribution is 0.624. The SMILES string of the molecule is Fc1cccc(N2N=C(C=Cc3ccc(Br)cc3)CC2c2ccc(Br)cc2)c1.